The Morgan fingerprint density at radius 3 is 2.77 bits per heavy atom. The molecule has 3 aromatic rings. The van der Waals surface area contributed by atoms with E-state index in [-0.39, 0.29) is 11.8 Å². The summed E-state index contributed by atoms with van der Waals surface area (Å²) in [6.07, 6.45) is 3.36. The van der Waals surface area contributed by atoms with Crippen LogP contribution in [-0.4, -0.2) is 29.0 Å². The summed E-state index contributed by atoms with van der Waals surface area (Å²) in [4.78, 5) is 25.9. The third-order valence-electron chi connectivity index (χ3n) is 4.91. The van der Waals surface area contributed by atoms with Gasteiger partial charge in [-0.2, -0.15) is 0 Å². The van der Waals surface area contributed by atoms with Crippen molar-refractivity contribution < 1.29 is 4.79 Å². The number of nitrogens with one attached hydrogen (secondary N) is 1. The Bertz CT molecular complexity index is 901. The molecule has 0 bridgehead atoms. The Kier molecular flexibility index (Phi) is 4.84. The summed E-state index contributed by atoms with van der Waals surface area (Å²) in [6.45, 7) is 4.40. The number of thiophene rings is 1. The molecule has 1 aliphatic rings. The number of aromatic nitrogens is 2. The van der Waals surface area contributed by atoms with Crippen LogP contribution < -0.4 is 10.2 Å². The van der Waals surface area contributed by atoms with Gasteiger partial charge in [0.05, 0.1) is 5.39 Å². The van der Waals surface area contributed by atoms with Crippen molar-refractivity contribution in [3.8, 4) is 0 Å². The molecule has 0 unspecified atom stereocenters. The molecule has 0 saturated carbocycles. The third-order valence-corrected chi connectivity index (χ3v) is 5.86. The highest BCUT2D eigenvalue weighted by Gasteiger charge is 2.26. The van der Waals surface area contributed by atoms with Gasteiger partial charge in [-0.15, -0.1) is 11.3 Å². The number of rotatable bonds is 4. The molecule has 6 heteroatoms. The second kappa shape index (κ2) is 7.41. The van der Waals surface area contributed by atoms with Gasteiger partial charge in [0.1, 0.15) is 17.0 Å². The van der Waals surface area contributed by atoms with Crippen molar-refractivity contribution in [3.63, 3.8) is 0 Å². The van der Waals surface area contributed by atoms with E-state index in [0.717, 1.165) is 47.5 Å². The standard InChI is InChI=1S/C20H22N4OS/c1-14-11-17-18(22-13-23-20(17)26-14)24-9-7-16(8-10-24)19(25)21-12-15-5-3-2-4-6-15/h2-6,11,13,16H,7-10,12H2,1H3,(H,21,25). The lowest BCUT2D eigenvalue weighted by Crippen LogP contribution is -2.40. The minimum absolute atomic E-state index is 0.0801. The molecule has 1 saturated heterocycles. The SMILES string of the molecule is Cc1cc2c(N3CCC(C(=O)NCc4ccccc4)CC3)ncnc2s1. The molecular formula is C20H22N4OS. The smallest absolute Gasteiger partial charge is 0.223 e. The summed E-state index contributed by atoms with van der Waals surface area (Å²) in [6, 6.07) is 12.2. The molecule has 5 nitrogen and oxygen atoms in total. The van der Waals surface area contributed by atoms with E-state index in [1.807, 2.05) is 30.3 Å². The summed E-state index contributed by atoms with van der Waals surface area (Å²) in [7, 11) is 0. The van der Waals surface area contributed by atoms with Crippen LogP contribution >= 0.6 is 11.3 Å². The Balaban J connectivity index is 1.37. The highest BCUT2D eigenvalue weighted by Crippen LogP contribution is 2.31. The van der Waals surface area contributed by atoms with Gasteiger partial charge >= 0.3 is 0 Å². The minimum atomic E-state index is 0.0801. The number of benzene rings is 1. The van der Waals surface area contributed by atoms with Gasteiger partial charge in [-0.05, 0) is 31.4 Å². The van der Waals surface area contributed by atoms with Crippen molar-refractivity contribution in [2.24, 2.45) is 5.92 Å². The van der Waals surface area contributed by atoms with Crippen molar-refractivity contribution >= 4 is 33.3 Å². The van der Waals surface area contributed by atoms with Gasteiger partial charge < -0.3 is 10.2 Å². The number of nitrogens with zero attached hydrogens (tertiary/aromatic N) is 3. The van der Waals surface area contributed by atoms with Gasteiger partial charge in [-0.25, -0.2) is 9.97 Å². The van der Waals surface area contributed by atoms with Crippen molar-refractivity contribution in [3.05, 3.63) is 53.2 Å². The van der Waals surface area contributed by atoms with E-state index in [4.69, 9.17) is 0 Å². The van der Waals surface area contributed by atoms with Gasteiger partial charge in [0, 0.05) is 30.4 Å². The first-order chi connectivity index (χ1) is 12.7. The quantitative estimate of drug-likeness (QED) is 0.767. The minimum Gasteiger partial charge on any atom is -0.356 e. The van der Waals surface area contributed by atoms with E-state index in [0.29, 0.717) is 6.54 Å². The summed E-state index contributed by atoms with van der Waals surface area (Å²) < 4.78 is 0. The van der Waals surface area contributed by atoms with Crippen LogP contribution in [0.3, 0.4) is 0 Å². The van der Waals surface area contributed by atoms with E-state index < -0.39 is 0 Å². The molecule has 0 atom stereocenters. The topological polar surface area (TPSA) is 58.1 Å². The molecule has 2 aromatic heterocycles. The highest BCUT2D eigenvalue weighted by atomic mass is 32.1. The van der Waals surface area contributed by atoms with Gasteiger partial charge in [0.25, 0.3) is 0 Å². The first-order valence-corrected chi connectivity index (χ1v) is 9.80. The van der Waals surface area contributed by atoms with Gasteiger partial charge in [-0.3, -0.25) is 4.79 Å². The predicted octanol–water partition coefficient (Wildman–Crippen LogP) is 3.53. The Labute approximate surface area is 157 Å². The van der Waals surface area contributed by atoms with Crippen molar-refractivity contribution in [2.45, 2.75) is 26.3 Å². The summed E-state index contributed by atoms with van der Waals surface area (Å²) >= 11 is 1.70. The summed E-state index contributed by atoms with van der Waals surface area (Å²) in [5, 5.41) is 4.20. The predicted molar refractivity (Wildman–Crippen MR) is 105 cm³/mol. The van der Waals surface area contributed by atoms with Gasteiger partial charge in [0.15, 0.2) is 0 Å². The molecule has 4 rings (SSSR count). The second-order valence-corrected chi connectivity index (χ2v) is 7.97. The molecule has 26 heavy (non-hydrogen) atoms. The zero-order chi connectivity index (χ0) is 17.9. The second-order valence-electron chi connectivity index (χ2n) is 6.74. The largest absolute Gasteiger partial charge is 0.356 e. The van der Waals surface area contributed by atoms with Crippen LogP contribution in [0.2, 0.25) is 0 Å². The number of fused-ring (bicyclic) bond motifs is 1. The van der Waals surface area contributed by atoms with Crippen LogP contribution in [0.1, 0.15) is 23.3 Å². The zero-order valence-corrected chi connectivity index (χ0v) is 15.6. The van der Waals surface area contributed by atoms with Crippen molar-refractivity contribution in [2.75, 3.05) is 18.0 Å². The summed E-state index contributed by atoms with van der Waals surface area (Å²) in [5.74, 6) is 1.24. The van der Waals surface area contributed by atoms with Crippen LogP contribution in [-0.2, 0) is 11.3 Å². The number of hydrogen-bond acceptors (Lipinski definition) is 5. The van der Waals surface area contributed by atoms with Gasteiger partial charge in [-0.1, -0.05) is 30.3 Å². The first-order valence-electron chi connectivity index (χ1n) is 8.98. The van der Waals surface area contributed by atoms with Crippen LogP contribution in [0.15, 0.2) is 42.7 Å². The number of carbonyl (C=O) groups is 1. The number of carbonyl (C=O) groups excluding carboxylic acids is 1. The maximum absolute atomic E-state index is 12.5. The molecule has 0 radical (unpaired) electrons. The summed E-state index contributed by atoms with van der Waals surface area (Å²) in [5.41, 5.74) is 1.13. The normalized spacial score (nSPS) is 15.3. The molecular weight excluding hydrogens is 344 g/mol. The van der Waals surface area contributed by atoms with E-state index >= 15 is 0 Å². The Hall–Kier alpha value is -2.47. The fraction of sp³-hybridized carbons (Fsp3) is 0.350. The monoisotopic (exact) mass is 366 g/mol. The van der Waals surface area contributed by atoms with Crippen molar-refractivity contribution in [1.29, 1.82) is 0 Å². The number of amides is 1. The zero-order valence-electron chi connectivity index (χ0n) is 14.8. The molecule has 0 spiro atoms. The van der Waals surface area contributed by atoms with E-state index in [1.54, 1.807) is 17.7 Å². The number of hydrogen-bond donors (Lipinski definition) is 1. The average Bonchev–Trinajstić information content (AvgIpc) is 3.07. The lowest BCUT2D eigenvalue weighted by atomic mass is 9.95. The molecule has 1 aromatic carbocycles. The first kappa shape index (κ1) is 17.0. The maximum Gasteiger partial charge on any atom is 0.223 e. The molecule has 1 aliphatic heterocycles. The van der Waals surface area contributed by atoms with Crippen LogP contribution in [0, 0.1) is 12.8 Å². The van der Waals surface area contributed by atoms with Gasteiger partial charge in [0.2, 0.25) is 5.91 Å². The molecule has 0 aliphatic carbocycles. The number of anilines is 1. The van der Waals surface area contributed by atoms with E-state index in [2.05, 4.69) is 33.2 Å². The molecule has 3 heterocycles. The lowest BCUT2D eigenvalue weighted by Gasteiger charge is -2.32. The van der Waals surface area contributed by atoms with Crippen LogP contribution in [0.25, 0.3) is 10.2 Å². The Morgan fingerprint density at radius 2 is 2.00 bits per heavy atom. The highest BCUT2D eigenvalue weighted by molar-refractivity contribution is 7.18. The Morgan fingerprint density at radius 1 is 1.23 bits per heavy atom. The van der Waals surface area contributed by atoms with Crippen LogP contribution in [0.5, 0.6) is 0 Å². The molecule has 1 N–H and O–H groups in total. The van der Waals surface area contributed by atoms with E-state index in [9.17, 15) is 4.79 Å². The molecule has 1 amide bonds. The average molecular weight is 366 g/mol. The van der Waals surface area contributed by atoms with Crippen LogP contribution in [0.4, 0.5) is 5.82 Å². The molecule has 134 valence electrons. The number of aryl methyl sites for hydroxylation is 1. The maximum atomic E-state index is 12.5. The number of piperidine rings is 1. The van der Waals surface area contributed by atoms with E-state index in [1.165, 1.54) is 4.88 Å². The molecule has 1 fully saturated rings. The third kappa shape index (κ3) is 3.55. The van der Waals surface area contributed by atoms with Crippen molar-refractivity contribution in [1.82, 2.24) is 15.3 Å². The fourth-order valence-electron chi connectivity index (χ4n) is 3.50. The fourth-order valence-corrected chi connectivity index (χ4v) is 4.34. The lowest BCUT2D eigenvalue weighted by molar-refractivity contribution is -0.125.